The molecule has 2 rings (SSSR count). The molecule has 0 unspecified atom stereocenters. The van der Waals surface area contributed by atoms with Crippen LogP contribution in [0.25, 0.3) is 0 Å². The Morgan fingerprint density at radius 3 is 2.58 bits per heavy atom. The number of amides is 1. The summed E-state index contributed by atoms with van der Waals surface area (Å²) in [6, 6.07) is 6.67. The summed E-state index contributed by atoms with van der Waals surface area (Å²) in [6.45, 7) is -0.712. The molecule has 0 saturated carbocycles. The maximum Gasteiger partial charge on any atom is 0.310 e. The predicted molar refractivity (Wildman–Crippen MR) is 87.8 cm³/mol. The zero-order valence-corrected chi connectivity index (χ0v) is 13.8. The van der Waals surface area contributed by atoms with Gasteiger partial charge in [-0.2, -0.15) is 4.39 Å². The number of halogens is 3. The Labute approximate surface area is 150 Å². The van der Waals surface area contributed by atoms with Gasteiger partial charge in [-0.05, 0) is 24.3 Å². The third kappa shape index (κ3) is 4.96. The Hall–Kier alpha value is -3.07. The second-order valence-corrected chi connectivity index (χ2v) is 5.42. The maximum absolute atomic E-state index is 13.6. The van der Waals surface area contributed by atoms with E-state index in [1.165, 1.54) is 12.1 Å². The molecular formula is C16H11ClF2N2O5. The zero-order chi connectivity index (χ0) is 19.3. The summed E-state index contributed by atoms with van der Waals surface area (Å²) in [6.07, 6.45) is -0.471. The smallest absolute Gasteiger partial charge is 0.310 e. The topological polar surface area (TPSA) is 98.5 Å². The number of nitrogens with zero attached hydrogens (tertiary/aromatic N) is 1. The van der Waals surface area contributed by atoms with Crippen LogP contribution in [0.2, 0.25) is 5.02 Å². The van der Waals surface area contributed by atoms with Gasteiger partial charge in [-0.1, -0.05) is 17.7 Å². The molecule has 1 amide bonds. The van der Waals surface area contributed by atoms with Crippen molar-refractivity contribution < 1.29 is 28.0 Å². The molecule has 26 heavy (non-hydrogen) atoms. The first-order valence-corrected chi connectivity index (χ1v) is 7.48. The highest BCUT2D eigenvalue weighted by molar-refractivity contribution is 6.31. The van der Waals surface area contributed by atoms with Crippen molar-refractivity contribution in [3.8, 4) is 0 Å². The normalized spacial score (nSPS) is 10.3. The first kappa shape index (κ1) is 19.3. The van der Waals surface area contributed by atoms with E-state index in [9.17, 15) is 28.5 Å². The molecule has 2 aromatic carbocycles. The average molecular weight is 385 g/mol. The van der Waals surface area contributed by atoms with Crippen molar-refractivity contribution in [2.75, 3.05) is 11.9 Å². The minimum Gasteiger partial charge on any atom is -0.455 e. The van der Waals surface area contributed by atoms with Gasteiger partial charge in [0.25, 0.3) is 5.91 Å². The quantitative estimate of drug-likeness (QED) is 0.468. The van der Waals surface area contributed by atoms with Crippen LogP contribution in [0.4, 0.5) is 20.2 Å². The van der Waals surface area contributed by atoms with Crippen LogP contribution in [0.1, 0.15) is 5.56 Å². The highest BCUT2D eigenvalue weighted by Crippen LogP contribution is 2.22. The number of nitro groups is 1. The summed E-state index contributed by atoms with van der Waals surface area (Å²) in [7, 11) is 0. The summed E-state index contributed by atoms with van der Waals surface area (Å²) in [4.78, 5) is 33.1. The lowest BCUT2D eigenvalue weighted by Gasteiger charge is -2.08. The molecule has 0 aliphatic heterocycles. The van der Waals surface area contributed by atoms with E-state index < -0.39 is 47.1 Å². The molecule has 10 heteroatoms. The highest BCUT2D eigenvalue weighted by Gasteiger charge is 2.17. The van der Waals surface area contributed by atoms with E-state index >= 15 is 0 Å². The van der Waals surface area contributed by atoms with Crippen molar-refractivity contribution in [2.24, 2.45) is 0 Å². The molecule has 0 heterocycles. The van der Waals surface area contributed by atoms with Gasteiger partial charge in [0.2, 0.25) is 5.82 Å². The lowest BCUT2D eigenvalue weighted by molar-refractivity contribution is -0.387. The fourth-order valence-electron chi connectivity index (χ4n) is 1.97. The molecule has 0 aromatic heterocycles. The van der Waals surface area contributed by atoms with E-state index in [1.807, 2.05) is 0 Å². The summed E-state index contributed by atoms with van der Waals surface area (Å²) in [5, 5.41) is 12.9. The van der Waals surface area contributed by atoms with Crippen molar-refractivity contribution >= 4 is 34.9 Å². The fourth-order valence-corrected chi connectivity index (χ4v) is 2.20. The molecule has 7 nitrogen and oxygen atoms in total. The van der Waals surface area contributed by atoms with Crippen LogP contribution in [0.3, 0.4) is 0 Å². The summed E-state index contributed by atoms with van der Waals surface area (Å²) in [5.74, 6) is -3.44. The summed E-state index contributed by atoms with van der Waals surface area (Å²) >= 11 is 5.78. The van der Waals surface area contributed by atoms with Crippen LogP contribution in [0.15, 0.2) is 36.4 Å². The minimum atomic E-state index is -1.05. The van der Waals surface area contributed by atoms with Crippen LogP contribution >= 0.6 is 11.6 Å². The molecule has 0 fully saturated rings. The largest absolute Gasteiger partial charge is 0.455 e. The Morgan fingerprint density at radius 1 is 1.19 bits per heavy atom. The highest BCUT2D eigenvalue weighted by atomic mass is 35.5. The second-order valence-electron chi connectivity index (χ2n) is 5.01. The fraction of sp³-hybridized carbons (Fsp3) is 0.125. The number of rotatable bonds is 6. The van der Waals surface area contributed by atoms with Gasteiger partial charge in [0.15, 0.2) is 6.61 Å². The van der Waals surface area contributed by atoms with Crippen molar-refractivity contribution in [3.63, 3.8) is 0 Å². The standard InChI is InChI=1S/C16H11ClF2N2O5/c17-11-2-1-3-12(18)10(11)7-16(23)26-8-15(22)20-9-4-5-13(19)14(6-9)21(24)25/h1-6H,7-8H2,(H,20,22). The summed E-state index contributed by atoms with van der Waals surface area (Å²) in [5.41, 5.74) is -0.918. The second kappa shape index (κ2) is 8.34. The number of esters is 1. The molecule has 0 saturated heterocycles. The van der Waals surface area contributed by atoms with Crippen molar-refractivity contribution in [1.29, 1.82) is 0 Å². The molecule has 0 aliphatic carbocycles. The van der Waals surface area contributed by atoms with Gasteiger partial charge in [-0.25, -0.2) is 4.39 Å². The Kier molecular flexibility index (Phi) is 6.18. The van der Waals surface area contributed by atoms with Crippen LogP contribution in [0, 0.1) is 21.7 Å². The van der Waals surface area contributed by atoms with E-state index in [4.69, 9.17) is 16.3 Å². The van der Waals surface area contributed by atoms with E-state index in [0.29, 0.717) is 0 Å². The SMILES string of the molecule is O=C(COC(=O)Cc1c(F)cccc1Cl)Nc1ccc(F)c([N+](=O)[O-])c1. The third-order valence-corrected chi connectivity index (χ3v) is 3.53. The average Bonchev–Trinajstić information content (AvgIpc) is 2.58. The first-order chi connectivity index (χ1) is 12.3. The molecule has 0 bridgehead atoms. The monoisotopic (exact) mass is 384 g/mol. The minimum absolute atomic E-state index is 0.0451. The van der Waals surface area contributed by atoms with Crippen molar-refractivity contribution in [3.05, 3.63) is 68.7 Å². The molecule has 1 N–H and O–H groups in total. The Morgan fingerprint density at radius 2 is 1.92 bits per heavy atom. The lowest BCUT2D eigenvalue weighted by atomic mass is 10.1. The van der Waals surface area contributed by atoms with Crippen LogP contribution in [-0.4, -0.2) is 23.4 Å². The molecule has 0 aliphatic rings. The Balaban J connectivity index is 1.92. The van der Waals surface area contributed by atoms with E-state index in [-0.39, 0.29) is 16.3 Å². The molecule has 0 spiro atoms. The van der Waals surface area contributed by atoms with Crippen LogP contribution in [0.5, 0.6) is 0 Å². The van der Waals surface area contributed by atoms with E-state index in [0.717, 1.165) is 24.3 Å². The van der Waals surface area contributed by atoms with E-state index in [2.05, 4.69) is 5.32 Å². The molecule has 0 atom stereocenters. The number of ether oxygens (including phenoxy) is 1. The number of carbonyl (C=O) groups excluding carboxylic acids is 2. The number of anilines is 1. The van der Waals surface area contributed by atoms with Gasteiger partial charge in [-0.15, -0.1) is 0 Å². The van der Waals surface area contributed by atoms with Crippen LogP contribution in [-0.2, 0) is 20.7 Å². The number of nitro benzene ring substituents is 1. The molecule has 0 radical (unpaired) electrons. The van der Waals surface area contributed by atoms with E-state index in [1.54, 1.807) is 0 Å². The number of nitrogens with one attached hydrogen (secondary N) is 1. The summed E-state index contributed by atoms with van der Waals surface area (Å²) < 4.78 is 31.5. The van der Waals surface area contributed by atoms with Gasteiger partial charge in [0.05, 0.1) is 11.3 Å². The number of benzene rings is 2. The van der Waals surface area contributed by atoms with Gasteiger partial charge in [-0.3, -0.25) is 19.7 Å². The molecule has 136 valence electrons. The number of carbonyl (C=O) groups is 2. The first-order valence-electron chi connectivity index (χ1n) is 7.10. The molecular weight excluding hydrogens is 374 g/mol. The van der Waals surface area contributed by atoms with Gasteiger partial charge in [0, 0.05) is 22.3 Å². The number of hydrogen-bond acceptors (Lipinski definition) is 5. The zero-order valence-electron chi connectivity index (χ0n) is 13.0. The van der Waals surface area contributed by atoms with Gasteiger partial charge >= 0.3 is 11.7 Å². The van der Waals surface area contributed by atoms with Crippen LogP contribution < -0.4 is 5.32 Å². The molecule has 2 aromatic rings. The maximum atomic E-state index is 13.6. The van der Waals surface area contributed by atoms with Crippen molar-refractivity contribution in [2.45, 2.75) is 6.42 Å². The van der Waals surface area contributed by atoms with Gasteiger partial charge in [0.1, 0.15) is 5.82 Å². The number of hydrogen-bond donors (Lipinski definition) is 1. The van der Waals surface area contributed by atoms with Crippen molar-refractivity contribution in [1.82, 2.24) is 0 Å². The third-order valence-electron chi connectivity index (χ3n) is 3.17. The predicted octanol–water partition coefficient (Wildman–Crippen LogP) is 3.25. The van der Waals surface area contributed by atoms with Gasteiger partial charge < -0.3 is 10.1 Å². The Bertz CT molecular complexity index is 855. The lowest BCUT2D eigenvalue weighted by Crippen LogP contribution is -2.22.